The molecule has 2 heterocycles. The highest BCUT2D eigenvalue weighted by atomic mass is 16.6. The van der Waals surface area contributed by atoms with E-state index in [2.05, 4.69) is 0 Å². The number of carbonyl (C=O) groups excluding carboxylic acids is 2. The van der Waals surface area contributed by atoms with E-state index in [9.17, 15) is 9.59 Å². The number of nitrogens with two attached hydrogens (primary N) is 1. The van der Waals surface area contributed by atoms with Crippen LogP contribution in [0.15, 0.2) is 0 Å². The van der Waals surface area contributed by atoms with Crippen LogP contribution in [0.5, 0.6) is 0 Å². The fourth-order valence-corrected chi connectivity index (χ4v) is 4.85. The molecule has 6 fully saturated rings. The summed E-state index contributed by atoms with van der Waals surface area (Å²) in [4.78, 5) is 24.0. The minimum atomic E-state index is -0.163. The van der Waals surface area contributed by atoms with Crippen LogP contribution < -0.4 is 5.84 Å². The van der Waals surface area contributed by atoms with Gasteiger partial charge >= 0.3 is 0 Å². The number of ether oxygens (including phenoxy) is 1. The molecule has 0 aromatic heterocycles. The van der Waals surface area contributed by atoms with Gasteiger partial charge in [-0.25, -0.2) is 10.9 Å². The molecule has 4 saturated carbocycles. The third-order valence-corrected chi connectivity index (χ3v) is 5.46. The lowest BCUT2D eigenvalue weighted by Gasteiger charge is -2.39. The summed E-state index contributed by atoms with van der Waals surface area (Å²) >= 11 is 0. The van der Waals surface area contributed by atoms with Gasteiger partial charge in [-0.2, -0.15) is 0 Å². The maximum atomic E-state index is 12.0. The molecule has 5 nitrogen and oxygen atoms in total. The molecule has 16 heavy (non-hydrogen) atoms. The first-order chi connectivity index (χ1) is 7.70. The Morgan fingerprint density at radius 3 is 2.06 bits per heavy atom. The molecule has 2 N–H and O–H groups in total. The van der Waals surface area contributed by atoms with Gasteiger partial charge in [0.05, 0.1) is 24.0 Å². The average molecular weight is 220 g/mol. The molecule has 4 aliphatic carbocycles. The predicted molar refractivity (Wildman–Crippen MR) is 50.3 cm³/mol. The molecular formula is C11H12N2O3. The van der Waals surface area contributed by atoms with Gasteiger partial charge < -0.3 is 4.74 Å². The van der Waals surface area contributed by atoms with E-state index in [-0.39, 0.29) is 47.7 Å². The molecule has 84 valence electrons. The van der Waals surface area contributed by atoms with E-state index < -0.39 is 0 Å². The second kappa shape index (κ2) is 2.07. The number of amides is 2. The lowest BCUT2D eigenvalue weighted by Crippen LogP contribution is -2.48. The maximum Gasteiger partial charge on any atom is 0.247 e. The average Bonchev–Trinajstić information content (AvgIpc) is 3.13. The molecule has 5 heteroatoms. The molecule has 0 spiro atoms. The summed E-state index contributed by atoms with van der Waals surface area (Å²) in [5.41, 5.74) is 0. The Morgan fingerprint density at radius 1 is 1.06 bits per heavy atom. The molecule has 6 rings (SSSR count). The standard InChI is InChI=1S/C11H12N2O3/c12-13-10(14)6-4-2-1-3(2)5(7(6)11(13)15)9-8(4)16-9/h2-9H,1,12H2/t2-,3+,4-,5-,6-,7+,8-,9-/m1/s1. The molecule has 2 saturated heterocycles. The second-order valence-corrected chi connectivity index (χ2v) is 5.88. The number of hydrogen-bond donors (Lipinski definition) is 1. The monoisotopic (exact) mass is 220 g/mol. The molecule has 0 radical (unpaired) electrons. The summed E-state index contributed by atoms with van der Waals surface area (Å²) in [7, 11) is 0. The third kappa shape index (κ3) is 0.627. The van der Waals surface area contributed by atoms with Gasteiger partial charge in [-0.3, -0.25) is 9.59 Å². The van der Waals surface area contributed by atoms with Crippen molar-refractivity contribution in [1.29, 1.82) is 0 Å². The SMILES string of the molecule is NN1C(=O)[C@@H]2[C@H](C1=O)[C@H]1[C@@H]3C[C@@H]3[C@H]2[C@H]2O[C@@H]21. The van der Waals surface area contributed by atoms with Crippen LogP contribution in [0.4, 0.5) is 0 Å². The number of hydrogen-bond acceptors (Lipinski definition) is 4. The van der Waals surface area contributed by atoms with Crippen LogP contribution in [0.1, 0.15) is 6.42 Å². The lowest BCUT2D eigenvalue weighted by atomic mass is 9.59. The molecule has 2 aliphatic heterocycles. The molecule has 2 bridgehead atoms. The summed E-state index contributed by atoms with van der Waals surface area (Å²) in [6.07, 6.45) is 1.72. The highest BCUT2D eigenvalue weighted by Crippen LogP contribution is 2.72. The Morgan fingerprint density at radius 2 is 1.56 bits per heavy atom. The first-order valence-corrected chi connectivity index (χ1v) is 5.98. The van der Waals surface area contributed by atoms with Crippen LogP contribution in [0.25, 0.3) is 0 Å². The third-order valence-electron chi connectivity index (χ3n) is 5.46. The van der Waals surface area contributed by atoms with Gasteiger partial charge in [-0.1, -0.05) is 0 Å². The maximum absolute atomic E-state index is 12.0. The van der Waals surface area contributed by atoms with E-state index in [0.29, 0.717) is 11.8 Å². The number of imide groups is 1. The number of carbonyl (C=O) groups is 2. The van der Waals surface area contributed by atoms with Crippen LogP contribution >= 0.6 is 0 Å². The number of epoxide rings is 1. The van der Waals surface area contributed by atoms with Crippen molar-refractivity contribution < 1.29 is 14.3 Å². The van der Waals surface area contributed by atoms with Crippen molar-refractivity contribution in [2.75, 3.05) is 0 Å². The van der Waals surface area contributed by atoms with Crippen molar-refractivity contribution in [1.82, 2.24) is 5.01 Å². The Hall–Kier alpha value is -0.940. The van der Waals surface area contributed by atoms with E-state index >= 15 is 0 Å². The molecule has 8 atom stereocenters. The van der Waals surface area contributed by atoms with Crippen LogP contribution in [-0.2, 0) is 14.3 Å². The Kier molecular flexibility index (Phi) is 1.06. The van der Waals surface area contributed by atoms with Gasteiger partial charge in [0.25, 0.3) is 0 Å². The smallest absolute Gasteiger partial charge is 0.247 e. The summed E-state index contributed by atoms with van der Waals surface area (Å²) < 4.78 is 5.67. The molecule has 0 aromatic carbocycles. The van der Waals surface area contributed by atoms with E-state index in [0.717, 1.165) is 5.01 Å². The fraction of sp³-hybridized carbons (Fsp3) is 0.818. The van der Waals surface area contributed by atoms with Gasteiger partial charge in [-0.15, -0.1) is 0 Å². The zero-order chi connectivity index (χ0) is 10.8. The van der Waals surface area contributed by atoms with Crippen LogP contribution in [-0.4, -0.2) is 29.0 Å². The van der Waals surface area contributed by atoms with Gasteiger partial charge in [0.15, 0.2) is 0 Å². The van der Waals surface area contributed by atoms with Crippen molar-refractivity contribution in [3.8, 4) is 0 Å². The Balaban J connectivity index is 1.70. The second-order valence-electron chi connectivity index (χ2n) is 5.88. The zero-order valence-corrected chi connectivity index (χ0v) is 8.58. The predicted octanol–water partition coefficient (Wildman–Crippen LogP) is -0.876. The first-order valence-electron chi connectivity index (χ1n) is 5.98. The lowest BCUT2D eigenvalue weighted by molar-refractivity contribution is -0.140. The van der Waals surface area contributed by atoms with E-state index in [1.165, 1.54) is 6.42 Å². The summed E-state index contributed by atoms with van der Waals surface area (Å²) in [5.74, 6) is 6.76. The molecular weight excluding hydrogens is 208 g/mol. The van der Waals surface area contributed by atoms with Crippen molar-refractivity contribution in [3.63, 3.8) is 0 Å². The normalized spacial score (nSPS) is 64.2. The highest BCUT2D eigenvalue weighted by Gasteiger charge is 2.79. The number of nitrogens with zero attached hydrogens (tertiary/aromatic N) is 1. The molecule has 0 unspecified atom stereocenters. The summed E-state index contributed by atoms with van der Waals surface area (Å²) in [6.45, 7) is 0. The largest absolute Gasteiger partial charge is 0.369 e. The van der Waals surface area contributed by atoms with Crippen LogP contribution in [0.2, 0.25) is 0 Å². The fourth-order valence-electron chi connectivity index (χ4n) is 4.85. The Labute approximate surface area is 91.9 Å². The van der Waals surface area contributed by atoms with Gasteiger partial charge in [-0.05, 0) is 18.3 Å². The van der Waals surface area contributed by atoms with Crippen LogP contribution in [0.3, 0.4) is 0 Å². The van der Waals surface area contributed by atoms with E-state index in [1.807, 2.05) is 0 Å². The number of hydrazine groups is 1. The van der Waals surface area contributed by atoms with Crippen molar-refractivity contribution in [3.05, 3.63) is 0 Å². The highest BCUT2D eigenvalue weighted by molar-refractivity contribution is 6.05. The van der Waals surface area contributed by atoms with E-state index in [4.69, 9.17) is 10.6 Å². The molecule has 0 aromatic rings. The van der Waals surface area contributed by atoms with E-state index in [1.54, 1.807) is 0 Å². The first kappa shape index (κ1) is 8.20. The zero-order valence-electron chi connectivity index (χ0n) is 8.58. The summed E-state index contributed by atoms with van der Waals surface area (Å²) in [5, 5.41) is 0.866. The van der Waals surface area contributed by atoms with Crippen molar-refractivity contribution in [2.45, 2.75) is 18.6 Å². The number of rotatable bonds is 0. The van der Waals surface area contributed by atoms with Crippen LogP contribution in [0, 0.1) is 35.5 Å². The quantitative estimate of drug-likeness (QED) is 0.249. The summed E-state index contributed by atoms with van der Waals surface area (Å²) in [6, 6.07) is 0. The minimum Gasteiger partial charge on any atom is -0.369 e. The van der Waals surface area contributed by atoms with Gasteiger partial charge in [0.1, 0.15) is 0 Å². The van der Waals surface area contributed by atoms with Crippen molar-refractivity contribution >= 4 is 11.8 Å². The topological polar surface area (TPSA) is 75.9 Å². The molecule has 6 aliphatic rings. The molecule has 2 amide bonds. The Bertz CT molecular complexity index is 395. The van der Waals surface area contributed by atoms with Gasteiger partial charge in [0, 0.05) is 11.8 Å². The minimum absolute atomic E-state index is 0.157. The van der Waals surface area contributed by atoms with Gasteiger partial charge in [0.2, 0.25) is 11.8 Å². The van der Waals surface area contributed by atoms with Crippen molar-refractivity contribution in [2.24, 2.45) is 41.4 Å².